The lowest BCUT2D eigenvalue weighted by Crippen LogP contribution is -2.45. The maximum atomic E-state index is 12.4. The number of nitrogens with zero attached hydrogens (tertiary/aromatic N) is 1. The van der Waals surface area contributed by atoms with E-state index in [9.17, 15) is 13.2 Å². The van der Waals surface area contributed by atoms with E-state index in [1.54, 1.807) is 31.2 Å². The number of hydrogen-bond acceptors (Lipinski definition) is 4. The summed E-state index contributed by atoms with van der Waals surface area (Å²) in [6.45, 7) is 3.76. The molecule has 0 aliphatic heterocycles. The molecule has 2 aromatic rings. The highest BCUT2D eigenvalue weighted by atomic mass is 79.9. The van der Waals surface area contributed by atoms with Crippen molar-refractivity contribution in [3.63, 3.8) is 0 Å². The van der Waals surface area contributed by atoms with E-state index in [4.69, 9.17) is 4.74 Å². The van der Waals surface area contributed by atoms with E-state index >= 15 is 0 Å². The molecule has 0 bridgehead atoms. The van der Waals surface area contributed by atoms with E-state index in [-0.39, 0.29) is 19.2 Å². The van der Waals surface area contributed by atoms with Crippen molar-refractivity contribution < 1.29 is 17.9 Å². The third-order valence-corrected chi connectivity index (χ3v) is 5.53. The Bertz CT molecular complexity index is 885. The van der Waals surface area contributed by atoms with Gasteiger partial charge in [0.15, 0.2) is 0 Å². The third kappa shape index (κ3) is 6.55. The molecule has 146 valence electrons. The van der Waals surface area contributed by atoms with E-state index in [2.05, 4.69) is 21.2 Å². The molecule has 1 unspecified atom stereocenters. The Morgan fingerprint density at radius 1 is 1.19 bits per heavy atom. The fraction of sp³-hybridized carbons (Fsp3) is 0.316. The van der Waals surface area contributed by atoms with Gasteiger partial charge in [0.2, 0.25) is 15.9 Å². The van der Waals surface area contributed by atoms with Crippen molar-refractivity contribution in [1.82, 2.24) is 5.32 Å². The second kappa shape index (κ2) is 9.23. The quantitative estimate of drug-likeness (QED) is 0.664. The average Bonchev–Trinajstić information content (AvgIpc) is 2.59. The Morgan fingerprint density at radius 2 is 1.81 bits per heavy atom. The number of amides is 1. The molecule has 0 spiro atoms. The van der Waals surface area contributed by atoms with Gasteiger partial charge in [0.05, 0.1) is 18.0 Å². The second-order valence-electron chi connectivity index (χ2n) is 6.31. The zero-order valence-corrected chi connectivity index (χ0v) is 17.9. The van der Waals surface area contributed by atoms with Gasteiger partial charge in [0, 0.05) is 4.47 Å². The number of rotatable bonds is 8. The van der Waals surface area contributed by atoms with Crippen molar-refractivity contribution >= 4 is 37.5 Å². The summed E-state index contributed by atoms with van der Waals surface area (Å²) < 4.78 is 31.6. The van der Waals surface area contributed by atoms with Crippen LogP contribution < -0.4 is 14.4 Å². The van der Waals surface area contributed by atoms with Crippen molar-refractivity contribution in [2.45, 2.75) is 19.9 Å². The minimum Gasteiger partial charge on any atom is -0.491 e. The Kier molecular flexibility index (Phi) is 7.26. The van der Waals surface area contributed by atoms with Crippen molar-refractivity contribution in [3.05, 3.63) is 58.6 Å². The maximum absolute atomic E-state index is 12.4. The van der Waals surface area contributed by atoms with Crippen LogP contribution in [0.15, 0.2) is 53.0 Å². The molecular formula is C19H23BrN2O4S. The number of hydrogen-bond donors (Lipinski definition) is 1. The highest BCUT2D eigenvalue weighted by Gasteiger charge is 2.23. The van der Waals surface area contributed by atoms with Gasteiger partial charge in [0.1, 0.15) is 18.9 Å². The Morgan fingerprint density at radius 3 is 2.41 bits per heavy atom. The molecule has 0 saturated carbocycles. The first-order valence-corrected chi connectivity index (χ1v) is 11.0. The Hall–Kier alpha value is -2.06. The van der Waals surface area contributed by atoms with Crippen LogP contribution in [-0.2, 0) is 14.8 Å². The van der Waals surface area contributed by atoms with E-state index in [1.165, 1.54) is 0 Å². The van der Waals surface area contributed by atoms with Gasteiger partial charge in [-0.1, -0.05) is 29.8 Å². The van der Waals surface area contributed by atoms with Crippen molar-refractivity contribution in [2.75, 3.05) is 23.7 Å². The van der Waals surface area contributed by atoms with E-state index < -0.39 is 15.9 Å². The van der Waals surface area contributed by atoms with Crippen LogP contribution >= 0.6 is 15.9 Å². The second-order valence-corrected chi connectivity index (χ2v) is 9.07. The molecule has 0 saturated heterocycles. The summed E-state index contributed by atoms with van der Waals surface area (Å²) in [6.07, 6.45) is 1.07. The Labute approximate surface area is 168 Å². The first-order chi connectivity index (χ1) is 12.7. The number of aryl methyl sites for hydroxylation is 1. The van der Waals surface area contributed by atoms with Gasteiger partial charge in [-0.15, -0.1) is 0 Å². The van der Waals surface area contributed by atoms with Gasteiger partial charge in [-0.2, -0.15) is 0 Å². The normalized spacial score (nSPS) is 12.3. The van der Waals surface area contributed by atoms with Crippen LogP contribution in [-0.4, -0.2) is 39.8 Å². The van der Waals surface area contributed by atoms with Crippen molar-refractivity contribution in [3.8, 4) is 5.75 Å². The number of ether oxygens (including phenoxy) is 1. The number of nitrogens with one attached hydrogen (secondary N) is 1. The lowest BCUT2D eigenvalue weighted by molar-refractivity contribution is -0.120. The number of anilines is 1. The molecule has 1 amide bonds. The summed E-state index contributed by atoms with van der Waals surface area (Å²) in [5.41, 5.74) is 1.55. The number of benzene rings is 2. The predicted molar refractivity (Wildman–Crippen MR) is 111 cm³/mol. The summed E-state index contributed by atoms with van der Waals surface area (Å²) in [6, 6.07) is 14.2. The number of sulfonamides is 1. The first-order valence-electron chi connectivity index (χ1n) is 8.38. The van der Waals surface area contributed by atoms with Gasteiger partial charge in [-0.25, -0.2) is 8.42 Å². The SMILES string of the molecule is Cc1ccc(OCC(C)NC(=O)CN(c2ccccc2Br)S(C)(=O)=O)cc1. The third-order valence-electron chi connectivity index (χ3n) is 3.74. The van der Waals surface area contributed by atoms with Gasteiger partial charge < -0.3 is 10.1 Å². The molecule has 1 N–H and O–H groups in total. The first kappa shape index (κ1) is 21.2. The lowest BCUT2D eigenvalue weighted by atomic mass is 10.2. The average molecular weight is 455 g/mol. The van der Waals surface area contributed by atoms with E-state index in [0.29, 0.717) is 15.9 Å². The van der Waals surface area contributed by atoms with Crippen LogP contribution in [0.1, 0.15) is 12.5 Å². The van der Waals surface area contributed by atoms with E-state index in [0.717, 1.165) is 16.1 Å². The Balaban J connectivity index is 1.97. The number of para-hydroxylation sites is 1. The molecule has 1 atom stereocenters. The fourth-order valence-corrected chi connectivity index (χ4v) is 3.87. The molecule has 6 nitrogen and oxygen atoms in total. The molecule has 8 heteroatoms. The molecule has 0 heterocycles. The molecule has 2 rings (SSSR count). The zero-order valence-electron chi connectivity index (χ0n) is 15.5. The molecule has 0 fully saturated rings. The van der Waals surface area contributed by atoms with Crippen molar-refractivity contribution in [2.24, 2.45) is 0 Å². The van der Waals surface area contributed by atoms with Crippen LogP contribution in [0.4, 0.5) is 5.69 Å². The molecule has 0 aromatic heterocycles. The summed E-state index contributed by atoms with van der Waals surface area (Å²) in [7, 11) is -3.62. The number of carbonyl (C=O) groups excluding carboxylic acids is 1. The predicted octanol–water partition coefficient (Wildman–Crippen LogP) is 3.11. The molecule has 0 radical (unpaired) electrons. The monoisotopic (exact) mass is 454 g/mol. The zero-order chi connectivity index (χ0) is 20.0. The molecule has 0 aliphatic rings. The number of halogens is 1. The summed E-state index contributed by atoms with van der Waals surface area (Å²) >= 11 is 3.33. The van der Waals surface area contributed by atoms with Crippen LogP contribution in [0.3, 0.4) is 0 Å². The van der Waals surface area contributed by atoms with Gasteiger partial charge in [-0.3, -0.25) is 9.10 Å². The molecule has 0 aliphatic carbocycles. The molecular weight excluding hydrogens is 432 g/mol. The fourth-order valence-electron chi connectivity index (χ4n) is 2.38. The minimum atomic E-state index is -3.62. The summed E-state index contributed by atoms with van der Waals surface area (Å²) in [4.78, 5) is 12.4. The van der Waals surface area contributed by atoms with Gasteiger partial charge >= 0.3 is 0 Å². The summed E-state index contributed by atoms with van der Waals surface area (Å²) in [5.74, 6) is 0.309. The number of carbonyl (C=O) groups is 1. The minimum absolute atomic E-state index is 0.278. The van der Waals surface area contributed by atoms with Crippen LogP contribution in [0.25, 0.3) is 0 Å². The van der Waals surface area contributed by atoms with Crippen LogP contribution in [0.2, 0.25) is 0 Å². The topological polar surface area (TPSA) is 75.7 Å². The van der Waals surface area contributed by atoms with Crippen LogP contribution in [0.5, 0.6) is 5.75 Å². The van der Waals surface area contributed by atoms with Gasteiger partial charge in [-0.05, 0) is 54.0 Å². The largest absolute Gasteiger partial charge is 0.491 e. The van der Waals surface area contributed by atoms with Crippen LogP contribution in [0, 0.1) is 6.92 Å². The standard InChI is InChI=1S/C19H23BrN2O4S/c1-14-8-10-16(11-9-14)26-13-15(2)21-19(23)12-22(27(3,24)25)18-7-5-4-6-17(18)20/h4-11,15H,12-13H2,1-3H3,(H,21,23). The highest BCUT2D eigenvalue weighted by molar-refractivity contribution is 9.10. The van der Waals surface area contributed by atoms with E-state index in [1.807, 2.05) is 31.2 Å². The molecule has 2 aromatic carbocycles. The molecule has 27 heavy (non-hydrogen) atoms. The maximum Gasteiger partial charge on any atom is 0.241 e. The highest BCUT2D eigenvalue weighted by Crippen LogP contribution is 2.27. The lowest BCUT2D eigenvalue weighted by Gasteiger charge is -2.24. The van der Waals surface area contributed by atoms with Gasteiger partial charge in [0.25, 0.3) is 0 Å². The summed E-state index contributed by atoms with van der Waals surface area (Å²) in [5, 5.41) is 2.77. The van der Waals surface area contributed by atoms with Crippen molar-refractivity contribution in [1.29, 1.82) is 0 Å². The smallest absolute Gasteiger partial charge is 0.241 e.